The lowest BCUT2D eigenvalue weighted by Gasteiger charge is -2.17. The molecule has 2 aromatic carbocycles. The molecule has 9 heteroatoms. The van der Waals surface area contributed by atoms with Crippen molar-refractivity contribution in [2.45, 2.75) is 25.7 Å². The standard InChI is InChI=1S/C20H21F3N2O4/c1-13(14-8-6-9-16(11-14)20(21,22)23)24-29-12-15-7-4-5-10-17(15)18(25-28-3)19(26)27-2/h4-11,13,24H,12H2,1-3H3. The van der Waals surface area contributed by atoms with E-state index in [-0.39, 0.29) is 12.3 Å². The van der Waals surface area contributed by atoms with Gasteiger partial charge < -0.3 is 9.57 Å². The largest absolute Gasteiger partial charge is 0.464 e. The zero-order valence-corrected chi connectivity index (χ0v) is 16.1. The lowest BCUT2D eigenvalue weighted by molar-refractivity contribution is -0.137. The van der Waals surface area contributed by atoms with Crippen molar-refractivity contribution in [1.82, 2.24) is 5.48 Å². The molecule has 0 aliphatic rings. The van der Waals surface area contributed by atoms with Gasteiger partial charge >= 0.3 is 12.1 Å². The summed E-state index contributed by atoms with van der Waals surface area (Å²) >= 11 is 0. The lowest BCUT2D eigenvalue weighted by Crippen LogP contribution is -2.22. The molecule has 0 spiro atoms. The summed E-state index contributed by atoms with van der Waals surface area (Å²) in [5.41, 5.74) is 3.44. The van der Waals surface area contributed by atoms with Crippen molar-refractivity contribution in [3.63, 3.8) is 0 Å². The Balaban J connectivity index is 2.10. The van der Waals surface area contributed by atoms with E-state index in [0.29, 0.717) is 16.7 Å². The molecule has 0 amide bonds. The first-order chi connectivity index (χ1) is 13.8. The topological polar surface area (TPSA) is 69.2 Å². The maximum atomic E-state index is 12.9. The molecule has 0 heterocycles. The Morgan fingerprint density at radius 2 is 1.86 bits per heavy atom. The number of esters is 1. The number of rotatable bonds is 8. The predicted molar refractivity (Wildman–Crippen MR) is 99.8 cm³/mol. The highest BCUT2D eigenvalue weighted by Gasteiger charge is 2.30. The fourth-order valence-electron chi connectivity index (χ4n) is 2.56. The van der Waals surface area contributed by atoms with Gasteiger partial charge in [0.05, 0.1) is 25.3 Å². The van der Waals surface area contributed by atoms with E-state index < -0.39 is 23.8 Å². The van der Waals surface area contributed by atoms with E-state index >= 15 is 0 Å². The molecule has 0 saturated heterocycles. The molecule has 0 bridgehead atoms. The number of hydroxylamine groups is 1. The van der Waals surface area contributed by atoms with Crippen molar-refractivity contribution in [1.29, 1.82) is 0 Å². The van der Waals surface area contributed by atoms with Crippen LogP contribution in [0.25, 0.3) is 0 Å². The van der Waals surface area contributed by atoms with E-state index in [9.17, 15) is 18.0 Å². The molecule has 6 nitrogen and oxygen atoms in total. The molecule has 0 radical (unpaired) electrons. The number of alkyl halides is 3. The Bertz CT molecular complexity index is 869. The average Bonchev–Trinajstić information content (AvgIpc) is 2.71. The molecule has 2 rings (SSSR count). The van der Waals surface area contributed by atoms with Gasteiger partial charge in [-0.3, -0.25) is 4.84 Å². The SMILES string of the molecule is CON=C(C(=O)OC)c1ccccc1CONC(C)c1cccc(C(F)(F)F)c1. The van der Waals surface area contributed by atoms with E-state index in [1.54, 1.807) is 37.3 Å². The van der Waals surface area contributed by atoms with Gasteiger partial charge in [0.25, 0.3) is 0 Å². The molecule has 0 fully saturated rings. The van der Waals surface area contributed by atoms with Crippen molar-refractivity contribution < 1.29 is 32.4 Å². The molecule has 29 heavy (non-hydrogen) atoms. The minimum absolute atomic E-state index is 0.0270. The van der Waals surface area contributed by atoms with E-state index in [1.165, 1.54) is 20.3 Å². The summed E-state index contributed by atoms with van der Waals surface area (Å²) in [6, 6.07) is 11.3. The summed E-state index contributed by atoms with van der Waals surface area (Å²) in [5, 5.41) is 3.71. The predicted octanol–water partition coefficient (Wildman–Crippen LogP) is 4.01. The summed E-state index contributed by atoms with van der Waals surface area (Å²) < 4.78 is 43.3. The molecule has 1 N–H and O–H groups in total. The highest BCUT2D eigenvalue weighted by atomic mass is 19.4. The van der Waals surface area contributed by atoms with E-state index in [4.69, 9.17) is 14.4 Å². The number of methoxy groups -OCH3 is 1. The lowest BCUT2D eigenvalue weighted by atomic mass is 10.0. The quantitative estimate of drug-likeness (QED) is 0.405. The van der Waals surface area contributed by atoms with Gasteiger partial charge in [-0.05, 0) is 30.2 Å². The molecule has 1 atom stereocenters. The maximum Gasteiger partial charge on any atom is 0.416 e. The molecule has 1 unspecified atom stereocenters. The highest BCUT2D eigenvalue weighted by molar-refractivity contribution is 6.43. The summed E-state index contributed by atoms with van der Waals surface area (Å²) in [6.07, 6.45) is -4.42. The summed E-state index contributed by atoms with van der Waals surface area (Å²) in [5.74, 6) is -0.676. The molecule has 156 valence electrons. The third-order valence-electron chi connectivity index (χ3n) is 4.04. The minimum atomic E-state index is -4.42. The van der Waals surface area contributed by atoms with Gasteiger partial charge in [-0.2, -0.15) is 18.7 Å². The van der Waals surface area contributed by atoms with Crippen molar-refractivity contribution in [3.8, 4) is 0 Å². The van der Waals surface area contributed by atoms with Crippen molar-refractivity contribution in [3.05, 3.63) is 70.8 Å². The van der Waals surface area contributed by atoms with Crippen LogP contribution in [0.2, 0.25) is 0 Å². The van der Waals surface area contributed by atoms with Crippen LogP contribution in [0, 0.1) is 0 Å². The van der Waals surface area contributed by atoms with Crippen LogP contribution < -0.4 is 5.48 Å². The smallest absolute Gasteiger partial charge is 0.416 e. The van der Waals surface area contributed by atoms with E-state index in [1.807, 2.05) is 0 Å². The monoisotopic (exact) mass is 410 g/mol. The number of ether oxygens (including phenoxy) is 1. The molecule has 0 saturated carbocycles. The molecule has 0 aliphatic heterocycles. The Hall–Kier alpha value is -2.91. The zero-order chi connectivity index (χ0) is 21.4. The number of nitrogens with zero attached hydrogens (tertiary/aromatic N) is 1. The van der Waals surface area contributed by atoms with Crippen LogP contribution in [0.1, 0.15) is 35.2 Å². The number of oxime groups is 1. The number of hydrogen-bond acceptors (Lipinski definition) is 6. The van der Waals surface area contributed by atoms with Gasteiger partial charge in [-0.1, -0.05) is 41.6 Å². The normalized spacial score (nSPS) is 13.1. The minimum Gasteiger partial charge on any atom is -0.464 e. The summed E-state index contributed by atoms with van der Waals surface area (Å²) in [4.78, 5) is 22.1. The van der Waals surface area contributed by atoms with Crippen LogP contribution in [0.5, 0.6) is 0 Å². The summed E-state index contributed by atoms with van der Waals surface area (Å²) in [6.45, 7) is 1.70. The Morgan fingerprint density at radius 3 is 2.52 bits per heavy atom. The second-order valence-electron chi connectivity index (χ2n) is 6.02. The van der Waals surface area contributed by atoms with Gasteiger partial charge in [0.15, 0.2) is 5.71 Å². The van der Waals surface area contributed by atoms with Gasteiger partial charge in [0, 0.05) is 5.56 Å². The number of benzene rings is 2. The number of carbonyl (C=O) groups is 1. The number of nitrogens with one attached hydrogen (secondary N) is 1. The van der Waals surface area contributed by atoms with Crippen molar-refractivity contribution in [2.75, 3.05) is 14.2 Å². The third-order valence-corrected chi connectivity index (χ3v) is 4.04. The molecular weight excluding hydrogens is 389 g/mol. The second-order valence-corrected chi connectivity index (χ2v) is 6.02. The number of carbonyl (C=O) groups excluding carboxylic acids is 1. The second kappa shape index (κ2) is 10.0. The van der Waals surface area contributed by atoms with Gasteiger partial charge in [-0.25, -0.2) is 4.79 Å². The number of hydrogen-bond donors (Lipinski definition) is 1. The van der Waals surface area contributed by atoms with Gasteiger partial charge in [0.1, 0.15) is 7.11 Å². The van der Waals surface area contributed by atoms with Crippen LogP contribution in [-0.2, 0) is 32.0 Å². The van der Waals surface area contributed by atoms with Gasteiger partial charge in [-0.15, -0.1) is 0 Å². The summed E-state index contributed by atoms with van der Waals surface area (Å²) in [7, 11) is 2.53. The zero-order valence-electron chi connectivity index (χ0n) is 16.1. The van der Waals surface area contributed by atoms with Gasteiger partial charge in [0.2, 0.25) is 0 Å². The first-order valence-corrected chi connectivity index (χ1v) is 8.60. The fourth-order valence-corrected chi connectivity index (χ4v) is 2.56. The maximum absolute atomic E-state index is 12.9. The Labute approximate surface area is 166 Å². The van der Waals surface area contributed by atoms with Crippen LogP contribution in [0.3, 0.4) is 0 Å². The highest BCUT2D eigenvalue weighted by Crippen LogP contribution is 2.30. The Morgan fingerprint density at radius 1 is 1.14 bits per heavy atom. The fraction of sp³-hybridized carbons (Fsp3) is 0.300. The average molecular weight is 410 g/mol. The van der Waals surface area contributed by atoms with Crippen molar-refractivity contribution >= 4 is 11.7 Å². The Kier molecular flexibility index (Phi) is 7.74. The number of halogens is 3. The van der Waals surface area contributed by atoms with E-state index in [2.05, 4.69) is 10.6 Å². The molecule has 0 aliphatic carbocycles. The van der Waals surface area contributed by atoms with Crippen LogP contribution in [0.4, 0.5) is 13.2 Å². The van der Waals surface area contributed by atoms with E-state index in [0.717, 1.165) is 12.1 Å². The molecular formula is C20H21F3N2O4. The van der Waals surface area contributed by atoms with Crippen molar-refractivity contribution in [2.24, 2.45) is 5.16 Å². The van der Waals surface area contributed by atoms with Crippen LogP contribution >= 0.6 is 0 Å². The third kappa shape index (κ3) is 6.03. The first-order valence-electron chi connectivity index (χ1n) is 8.60. The van der Waals surface area contributed by atoms with Crippen LogP contribution in [0.15, 0.2) is 53.7 Å². The van der Waals surface area contributed by atoms with Crippen LogP contribution in [-0.4, -0.2) is 25.9 Å². The molecule has 2 aromatic rings. The first kappa shape index (κ1) is 22.4. The molecule has 0 aromatic heterocycles.